The van der Waals surface area contributed by atoms with Gasteiger partial charge in [-0.05, 0) is 25.3 Å². The molecule has 0 saturated heterocycles. The Bertz CT molecular complexity index is 390. The maximum Gasteiger partial charge on any atom is 0.220 e. The van der Waals surface area contributed by atoms with Gasteiger partial charge in [-0.1, -0.05) is 0 Å². The van der Waals surface area contributed by atoms with Crippen LogP contribution in [-0.4, -0.2) is 23.5 Å². The summed E-state index contributed by atoms with van der Waals surface area (Å²) >= 11 is 0. The van der Waals surface area contributed by atoms with Gasteiger partial charge in [-0.15, -0.1) is 0 Å². The number of anilines is 2. The number of nitrogens with zero attached hydrogens (tertiary/aromatic N) is 1. The van der Waals surface area contributed by atoms with Crippen molar-refractivity contribution in [3.8, 4) is 0 Å². The fraction of sp³-hybridized carbons (Fsp3) is 0.500. The third-order valence-corrected chi connectivity index (χ3v) is 2.69. The number of pyridine rings is 1. The van der Waals surface area contributed by atoms with E-state index >= 15 is 0 Å². The zero-order chi connectivity index (χ0) is 12.1. The molecule has 1 amide bonds. The fourth-order valence-electron chi connectivity index (χ4n) is 1.57. The highest BCUT2D eigenvalue weighted by Gasteiger charge is 2.22. The summed E-state index contributed by atoms with van der Waals surface area (Å²) in [5, 5.41) is 6.15. The van der Waals surface area contributed by atoms with Gasteiger partial charge in [0.2, 0.25) is 5.91 Å². The summed E-state index contributed by atoms with van der Waals surface area (Å²) in [5.74, 6) is 0.150. The van der Waals surface area contributed by atoms with Gasteiger partial charge in [-0.3, -0.25) is 9.78 Å². The van der Waals surface area contributed by atoms with Gasteiger partial charge in [0.1, 0.15) is 0 Å². The smallest absolute Gasteiger partial charge is 0.220 e. The Labute approximate surface area is 101 Å². The Morgan fingerprint density at radius 3 is 3.06 bits per heavy atom. The highest BCUT2D eigenvalue weighted by Crippen LogP contribution is 2.19. The molecule has 5 nitrogen and oxygen atoms in total. The number of carbonyl (C=O) groups is 1. The molecule has 0 radical (unpaired) electrons. The van der Waals surface area contributed by atoms with Crippen LogP contribution in [0.2, 0.25) is 0 Å². The van der Waals surface area contributed by atoms with E-state index in [1.54, 1.807) is 12.4 Å². The number of carbonyl (C=O) groups excluding carboxylic acids is 1. The third kappa shape index (κ3) is 3.94. The van der Waals surface area contributed by atoms with Crippen molar-refractivity contribution in [3.63, 3.8) is 0 Å². The number of hydrogen-bond donors (Lipinski definition) is 3. The van der Waals surface area contributed by atoms with Gasteiger partial charge in [0.25, 0.3) is 0 Å². The summed E-state index contributed by atoms with van der Waals surface area (Å²) in [5.41, 5.74) is 7.24. The lowest BCUT2D eigenvalue weighted by molar-refractivity contribution is -0.121. The zero-order valence-electron chi connectivity index (χ0n) is 9.78. The molecule has 92 valence electrons. The second kappa shape index (κ2) is 5.52. The summed E-state index contributed by atoms with van der Waals surface area (Å²) in [6.45, 7) is 0.742. The third-order valence-electron chi connectivity index (χ3n) is 2.69. The van der Waals surface area contributed by atoms with Crippen molar-refractivity contribution in [3.05, 3.63) is 18.5 Å². The van der Waals surface area contributed by atoms with Crippen molar-refractivity contribution in [2.24, 2.45) is 0 Å². The molecule has 0 aromatic carbocycles. The van der Waals surface area contributed by atoms with Crippen molar-refractivity contribution in [2.75, 3.05) is 17.6 Å². The van der Waals surface area contributed by atoms with Gasteiger partial charge in [-0.25, -0.2) is 0 Å². The Kier molecular flexibility index (Phi) is 3.80. The maximum atomic E-state index is 11.4. The Morgan fingerprint density at radius 1 is 1.53 bits per heavy atom. The highest BCUT2D eigenvalue weighted by molar-refractivity contribution is 5.76. The van der Waals surface area contributed by atoms with Crippen LogP contribution in [0.25, 0.3) is 0 Å². The summed E-state index contributed by atoms with van der Waals surface area (Å²) in [7, 11) is 0. The molecular formula is C12H18N4O. The average Bonchev–Trinajstić information content (AvgIpc) is 3.10. The van der Waals surface area contributed by atoms with E-state index in [1.807, 2.05) is 6.07 Å². The fourth-order valence-corrected chi connectivity index (χ4v) is 1.57. The lowest BCUT2D eigenvalue weighted by Crippen LogP contribution is -2.25. The molecule has 0 aliphatic heterocycles. The lowest BCUT2D eigenvalue weighted by atomic mass is 10.2. The Morgan fingerprint density at radius 2 is 2.35 bits per heavy atom. The summed E-state index contributed by atoms with van der Waals surface area (Å²) in [4.78, 5) is 15.3. The SMILES string of the molecule is Nc1cnccc1NCCCC(=O)NC1CC1. The molecule has 1 aromatic rings. The minimum Gasteiger partial charge on any atom is -0.396 e. The number of nitrogens with one attached hydrogen (secondary N) is 2. The van der Waals surface area contributed by atoms with Crippen molar-refractivity contribution in [1.82, 2.24) is 10.3 Å². The minimum absolute atomic E-state index is 0.150. The molecular weight excluding hydrogens is 216 g/mol. The summed E-state index contributed by atoms with van der Waals surface area (Å²) in [6, 6.07) is 2.28. The van der Waals surface area contributed by atoms with Crippen molar-refractivity contribution in [1.29, 1.82) is 0 Å². The van der Waals surface area contributed by atoms with Crippen molar-refractivity contribution in [2.45, 2.75) is 31.7 Å². The first-order valence-corrected chi connectivity index (χ1v) is 5.98. The molecule has 0 atom stereocenters. The number of nitrogen functional groups attached to an aromatic ring is 1. The maximum absolute atomic E-state index is 11.4. The molecule has 1 heterocycles. The second-order valence-electron chi connectivity index (χ2n) is 4.34. The molecule has 0 spiro atoms. The zero-order valence-corrected chi connectivity index (χ0v) is 9.78. The molecule has 1 aromatic heterocycles. The largest absolute Gasteiger partial charge is 0.396 e. The lowest BCUT2D eigenvalue weighted by Gasteiger charge is -2.08. The van der Waals surface area contributed by atoms with Crippen LogP contribution in [0.5, 0.6) is 0 Å². The highest BCUT2D eigenvalue weighted by atomic mass is 16.1. The van der Waals surface area contributed by atoms with E-state index in [-0.39, 0.29) is 5.91 Å². The van der Waals surface area contributed by atoms with Crippen molar-refractivity contribution < 1.29 is 4.79 Å². The number of hydrogen-bond acceptors (Lipinski definition) is 4. The molecule has 1 aliphatic carbocycles. The number of aromatic nitrogens is 1. The van der Waals surface area contributed by atoms with E-state index in [9.17, 15) is 4.79 Å². The topological polar surface area (TPSA) is 80.0 Å². The normalized spacial score (nSPS) is 14.4. The van der Waals surface area contributed by atoms with E-state index in [2.05, 4.69) is 15.6 Å². The van der Waals surface area contributed by atoms with Gasteiger partial charge in [0, 0.05) is 25.2 Å². The van der Waals surface area contributed by atoms with Gasteiger partial charge in [0.15, 0.2) is 0 Å². The molecule has 0 bridgehead atoms. The Balaban J connectivity index is 1.62. The van der Waals surface area contributed by atoms with Crippen LogP contribution >= 0.6 is 0 Å². The van der Waals surface area contributed by atoms with E-state index in [4.69, 9.17) is 5.73 Å². The van der Waals surface area contributed by atoms with E-state index in [0.29, 0.717) is 18.2 Å². The van der Waals surface area contributed by atoms with Gasteiger partial charge in [-0.2, -0.15) is 0 Å². The van der Waals surface area contributed by atoms with Gasteiger partial charge >= 0.3 is 0 Å². The van der Waals surface area contributed by atoms with E-state index < -0.39 is 0 Å². The molecule has 1 saturated carbocycles. The predicted molar refractivity (Wildman–Crippen MR) is 67.5 cm³/mol. The summed E-state index contributed by atoms with van der Waals surface area (Å²) in [6.07, 6.45) is 6.95. The number of nitrogens with two attached hydrogens (primary N) is 1. The summed E-state index contributed by atoms with van der Waals surface area (Å²) < 4.78 is 0. The van der Waals surface area contributed by atoms with Crippen LogP contribution in [0.4, 0.5) is 11.4 Å². The predicted octanol–water partition coefficient (Wildman–Crippen LogP) is 1.13. The van der Waals surface area contributed by atoms with Crippen LogP contribution in [0.1, 0.15) is 25.7 Å². The van der Waals surface area contributed by atoms with E-state index in [0.717, 1.165) is 31.5 Å². The minimum atomic E-state index is 0.150. The van der Waals surface area contributed by atoms with Crippen LogP contribution in [-0.2, 0) is 4.79 Å². The van der Waals surface area contributed by atoms with E-state index in [1.165, 1.54) is 0 Å². The standard InChI is InChI=1S/C12H18N4O/c13-10-8-14-7-5-11(10)15-6-1-2-12(17)16-9-3-4-9/h5,7-9H,1-4,6,13H2,(H,14,15)(H,16,17). The molecule has 4 N–H and O–H groups in total. The number of amides is 1. The molecule has 2 rings (SSSR count). The monoisotopic (exact) mass is 234 g/mol. The Hall–Kier alpha value is -1.78. The second-order valence-corrected chi connectivity index (χ2v) is 4.34. The number of rotatable bonds is 6. The molecule has 1 fully saturated rings. The molecule has 1 aliphatic rings. The quantitative estimate of drug-likeness (QED) is 0.645. The molecule has 0 unspecified atom stereocenters. The molecule has 5 heteroatoms. The first kappa shape index (κ1) is 11.7. The van der Waals surface area contributed by atoms with Crippen molar-refractivity contribution >= 4 is 17.3 Å². The first-order valence-electron chi connectivity index (χ1n) is 5.98. The van der Waals surface area contributed by atoms with Crippen LogP contribution in [0.3, 0.4) is 0 Å². The van der Waals surface area contributed by atoms with Crippen LogP contribution in [0.15, 0.2) is 18.5 Å². The van der Waals surface area contributed by atoms with Crippen LogP contribution in [0, 0.1) is 0 Å². The molecule has 17 heavy (non-hydrogen) atoms. The van der Waals surface area contributed by atoms with Gasteiger partial charge < -0.3 is 16.4 Å². The van der Waals surface area contributed by atoms with Crippen LogP contribution < -0.4 is 16.4 Å². The average molecular weight is 234 g/mol. The first-order chi connectivity index (χ1) is 8.25. The van der Waals surface area contributed by atoms with Gasteiger partial charge in [0.05, 0.1) is 17.6 Å².